The van der Waals surface area contributed by atoms with E-state index in [0.29, 0.717) is 0 Å². The van der Waals surface area contributed by atoms with Crippen molar-refractivity contribution < 1.29 is 4.79 Å². The SMILES string of the molecule is CCN(CC)C(=O)c1ccc(CNC(=NC)N2CCCC2)cc1.I. The zero-order chi connectivity index (χ0) is 16.7. The molecule has 1 aromatic carbocycles. The van der Waals surface area contributed by atoms with Crippen molar-refractivity contribution in [2.75, 3.05) is 33.2 Å². The third-order valence-corrected chi connectivity index (χ3v) is 4.32. The molecular formula is C18H29IN4O. The second-order valence-electron chi connectivity index (χ2n) is 5.77. The van der Waals surface area contributed by atoms with Gasteiger partial charge in [-0.25, -0.2) is 0 Å². The molecule has 0 bridgehead atoms. The predicted octanol–water partition coefficient (Wildman–Crippen LogP) is 2.96. The molecule has 0 spiro atoms. The van der Waals surface area contributed by atoms with Gasteiger partial charge in [-0.1, -0.05) is 12.1 Å². The Balaban J connectivity index is 0.00000288. The van der Waals surface area contributed by atoms with Crippen molar-refractivity contribution >= 4 is 35.8 Å². The van der Waals surface area contributed by atoms with Gasteiger partial charge in [0.1, 0.15) is 0 Å². The molecule has 0 aromatic heterocycles. The van der Waals surface area contributed by atoms with Crippen LogP contribution in [0.1, 0.15) is 42.6 Å². The number of halogens is 1. The van der Waals surface area contributed by atoms with Crippen LogP contribution in [0.2, 0.25) is 0 Å². The highest BCUT2D eigenvalue weighted by Crippen LogP contribution is 2.10. The van der Waals surface area contributed by atoms with E-state index in [1.54, 1.807) is 0 Å². The summed E-state index contributed by atoms with van der Waals surface area (Å²) >= 11 is 0. The number of nitrogens with one attached hydrogen (secondary N) is 1. The fourth-order valence-corrected chi connectivity index (χ4v) is 2.90. The number of guanidine groups is 1. The molecule has 1 aliphatic rings. The molecule has 1 amide bonds. The summed E-state index contributed by atoms with van der Waals surface area (Å²) in [4.78, 5) is 20.8. The zero-order valence-corrected chi connectivity index (χ0v) is 17.2. The molecule has 1 fully saturated rings. The Morgan fingerprint density at radius 2 is 1.75 bits per heavy atom. The molecular weight excluding hydrogens is 415 g/mol. The van der Waals surface area contributed by atoms with E-state index in [1.165, 1.54) is 12.8 Å². The normalized spacial score (nSPS) is 14.3. The summed E-state index contributed by atoms with van der Waals surface area (Å²) in [6, 6.07) is 7.86. The van der Waals surface area contributed by atoms with E-state index >= 15 is 0 Å². The van der Waals surface area contributed by atoms with Gasteiger partial charge in [0.15, 0.2) is 5.96 Å². The molecule has 0 radical (unpaired) electrons. The molecule has 1 aliphatic heterocycles. The molecule has 1 aromatic rings. The van der Waals surface area contributed by atoms with Crippen LogP contribution < -0.4 is 5.32 Å². The van der Waals surface area contributed by atoms with Gasteiger partial charge in [-0.05, 0) is 44.4 Å². The molecule has 1 N–H and O–H groups in total. The minimum absolute atomic E-state index is 0. The number of carbonyl (C=O) groups excluding carboxylic acids is 1. The second-order valence-corrected chi connectivity index (χ2v) is 5.77. The third kappa shape index (κ3) is 5.36. The van der Waals surface area contributed by atoms with E-state index in [0.717, 1.165) is 49.8 Å². The Bertz CT molecular complexity index is 534. The van der Waals surface area contributed by atoms with Crippen LogP contribution >= 0.6 is 24.0 Å². The lowest BCUT2D eigenvalue weighted by Crippen LogP contribution is -2.39. The van der Waals surface area contributed by atoms with Gasteiger partial charge in [0.05, 0.1) is 0 Å². The van der Waals surface area contributed by atoms with Gasteiger partial charge in [-0.3, -0.25) is 9.79 Å². The van der Waals surface area contributed by atoms with Gasteiger partial charge in [0.25, 0.3) is 5.91 Å². The number of likely N-dealkylation sites (tertiary alicyclic amines) is 1. The van der Waals surface area contributed by atoms with Crippen LogP contribution in [0.4, 0.5) is 0 Å². The molecule has 24 heavy (non-hydrogen) atoms. The van der Waals surface area contributed by atoms with Crippen LogP contribution in [0.3, 0.4) is 0 Å². The second kappa shape index (κ2) is 10.5. The smallest absolute Gasteiger partial charge is 0.253 e. The molecule has 0 atom stereocenters. The largest absolute Gasteiger partial charge is 0.352 e. The highest BCUT2D eigenvalue weighted by Gasteiger charge is 2.15. The number of hydrogen-bond acceptors (Lipinski definition) is 2. The van der Waals surface area contributed by atoms with Crippen LogP contribution in [0.15, 0.2) is 29.3 Å². The molecule has 2 rings (SSSR count). The fraction of sp³-hybridized carbons (Fsp3) is 0.556. The van der Waals surface area contributed by atoms with Crippen molar-refractivity contribution in [3.63, 3.8) is 0 Å². The summed E-state index contributed by atoms with van der Waals surface area (Å²) in [5, 5.41) is 3.40. The first-order chi connectivity index (χ1) is 11.2. The number of carbonyl (C=O) groups is 1. The molecule has 1 heterocycles. The van der Waals surface area contributed by atoms with Crippen molar-refractivity contribution in [2.24, 2.45) is 4.99 Å². The van der Waals surface area contributed by atoms with Crippen molar-refractivity contribution in [1.29, 1.82) is 0 Å². The molecule has 0 unspecified atom stereocenters. The van der Waals surface area contributed by atoms with Gasteiger partial charge >= 0.3 is 0 Å². The summed E-state index contributed by atoms with van der Waals surface area (Å²) in [6.45, 7) is 8.37. The van der Waals surface area contributed by atoms with E-state index in [1.807, 2.05) is 50.1 Å². The molecule has 1 saturated heterocycles. The fourth-order valence-electron chi connectivity index (χ4n) is 2.90. The minimum Gasteiger partial charge on any atom is -0.352 e. The molecule has 5 nitrogen and oxygen atoms in total. The Morgan fingerprint density at radius 3 is 2.25 bits per heavy atom. The lowest BCUT2D eigenvalue weighted by atomic mass is 10.1. The van der Waals surface area contributed by atoms with Crippen LogP contribution in [0.5, 0.6) is 0 Å². The predicted molar refractivity (Wildman–Crippen MR) is 110 cm³/mol. The van der Waals surface area contributed by atoms with Crippen molar-refractivity contribution in [2.45, 2.75) is 33.2 Å². The van der Waals surface area contributed by atoms with E-state index in [-0.39, 0.29) is 29.9 Å². The van der Waals surface area contributed by atoms with Crippen molar-refractivity contribution in [3.05, 3.63) is 35.4 Å². The summed E-state index contributed by atoms with van der Waals surface area (Å²) < 4.78 is 0. The molecule has 0 saturated carbocycles. The Kier molecular flexibility index (Phi) is 9.10. The molecule has 6 heteroatoms. The maximum Gasteiger partial charge on any atom is 0.253 e. The Labute approximate surface area is 162 Å². The first-order valence-corrected chi connectivity index (χ1v) is 8.53. The van der Waals surface area contributed by atoms with E-state index in [2.05, 4.69) is 15.2 Å². The van der Waals surface area contributed by atoms with Crippen molar-refractivity contribution in [3.8, 4) is 0 Å². The van der Waals surface area contributed by atoms with Gasteiger partial charge in [0.2, 0.25) is 0 Å². The van der Waals surface area contributed by atoms with E-state index < -0.39 is 0 Å². The average molecular weight is 444 g/mol. The zero-order valence-electron chi connectivity index (χ0n) is 14.9. The van der Waals surface area contributed by atoms with Crippen LogP contribution in [-0.4, -0.2) is 54.9 Å². The van der Waals surface area contributed by atoms with Gasteiger partial charge in [-0.15, -0.1) is 24.0 Å². The van der Waals surface area contributed by atoms with Crippen LogP contribution in [-0.2, 0) is 6.54 Å². The quantitative estimate of drug-likeness (QED) is 0.432. The van der Waals surface area contributed by atoms with E-state index in [4.69, 9.17) is 0 Å². The van der Waals surface area contributed by atoms with Gasteiger partial charge < -0.3 is 15.1 Å². The monoisotopic (exact) mass is 444 g/mol. The maximum absolute atomic E-state index is 12.3. The lowest BCUT2D eigenvalue weighted by molar-refractivity contribution is 0.0773. The number of nitrogens with zero attached hydrogens (tertiary/aromatic N) is 3. The Hall–Kier alpha value is -1.31. The van der Waals surface area contributed by atoms with Gasteiger partial charge in [-0.2, -0.15) is 0 Å². The lowest BCUT2D eigenvalue weighted by Gasteiger charge is -2.21. The number of rotatable bonds is 5. The minimum atomic E-state index is 0. The topological polar surface area (TPSA) is 47.9 Å². The summed E-state index contributed by atoms with van der Waals surface area (Å²) in [6.07, 6.45) is 2.48. The van der Waals surface area contributed by atoms with Crippen molar-refractivity contribution in [1.82, 2.24) is 15.1 Å². The van der Waals surface area contributed by atoms with E-state index in [9.17, 15) is 4.79 Å². The molecule has 134 valence electrons. The Morgan fingerprint density at radius 1 is 1.17 bits per heavy atom. The highest BCUT2D eigenvalue weighted by atomic mass is 127. The third-order valence-electron chi connectivity index (χ3n) is 4.32. The highest BCUT2D eigenvalue weighted by molar-refractivity contribution is 14.0. The molecule has 0 aliphatic carbocycles. The first kappa shape index (κ1) is 20.7. The van der Waals surface area contributed by atoms with Crippen LogP contribution in [0.25, 0.3) is 0 Å². The summed E-state index contributed by atoms with van der Waals surface area (Å²) in [5.74, 6) is 1.06. The number of aliphatic imine (C=N–C) groups is 1. The average Bonchev–Trinajstić information content (AvgIpc) is 3.11. The summed E-state index contributed by atoms with van der Waals surface area (Å²) in [7, 11) is 1.83. The number of hydrogen-bond donors (Lipinski definition) is 1. The van der Waals surface area contributed by atoms with Crippen LogP contribution in [0, 0.1) is 0 Å². The number of benzene rings is 1. The summed E-state index contributed by atoms with van der Waals surface area (Å²) in [5.41, 5.74) is 1.91. The van der Waals surface area contributed by atoms with Gasteiger partial charge in [0, 0.05) is 45.3 Å². The number of amides is 1. The first-order valence-electron chi connectivity index (χ1n) is 8.53. The standard InChI is InChI=1S/C18H28N4O.HI/c1-4-21(5-2)17(23)16-10-8-15(9-11-16)14-20-18(19-3)22-12-6-7-13-22;/h8-11H,4-7,12-14H2,1-3H3,(H,19,20);1H. The maximum atomic E-state index is 12.3.